The second-order valence-corrected chi connectivity index (χ2v) is 6.38. The maximum absolute atomic E-state index is 12.0. The molecule has 1 amide bonds. The van der Waals surface area contributed by atoms with Crippen LogP contribution in [0.2, 0.25) is 0 Å². The molecule has 22 heavy (non-hydrogen) atoms. The fraction of sp³-hybridized carbons (Fsp3) is 0.375. The fourth-order valence-electron chi connectivity index (χ4n) is 2.49. The Morgan fingerprint density at radius 3 is 2.86 bits per heavy atom. The van der Waals surface area contributed by atoms with Gasteiger partial charge in [0.2, 0.25) is 5.91 Å². The monoisotopic (exact) mass is 337 g/mol. The lowest BCUT2D eigenvalue weighted by molar-refractivity contribution is -0.124. The van der Waals surface area contributed by atoms with Crippen LogP contribution in [0.1, 0.15) is 17.0 Å². The summed E-state index contributed by atoms with van der Waals surface area (Å²) in [7, 11) is 0. The normalized spacial score (nSPS) is 17.0. The van der Waals surface area contributed by atoms with Crippen molar-refractivity contribution >= 4 is 29.7 Å². The third-order valence-electron chi connectivity index (χ3n) is 3.77. The van der Waals surface area contributed by atoms with Crippen LogP contribution in [0, 0.1) is 12.8 Å². The van der Waals surface area contributed by atoms with Crippen molar-refractivity contribution in [3.63, 3.8) is 0 Å². The predicted octanol–water partition coefficient (Wildman–Crippen LogP) is 2.77. The van der Waals surface area contributed by atoms with E-state index < -0.39 is 0 Å². The number of carbonyl (C=O) groups is 1. The van der Waals surface area contributed by atoms with Gasteiger partial charge in [0.05, 0.1) is 18.2 Å². The lowest BCUT2D eigenvalue weighted by Crippen LogP contribution is -2.31. The van der Waals surface area contributed by atoms with Gasteiger partial charge >= 0.3 is 0 Å². The van der Waals surface area contributed by atoms with Crippen molar-refractivity contribution in [1.82, 2.24) is 15.6 Å². The number of aryl methyl sites for hydroxylation is 1. The van der Waals surface area contributed by atoms with Crippen LogP contribution in [0.25, 0.3) is 10.6 Å². The van der Waals surface area contributed by atoms with Crippen LogP contribution >= 0.6 is 23.7 Å². The number of carbonyl (C=O) groups excluding carboxylic acids is 1. The first-order valence-corrected chi connectivity index (χ1v) is 8.06. The summed E-state index contributed by atoms with van der Waals surface area (Å²) in [6.07, 6.45) is 0.933. The number of rotatable bonds is 4. The average Bonchev–Trinajstić information content (AvgIpc) is 3.16. The molecule has 1 fully saturated rings. The van der Waals surface area contributed by atoms with Gasteiger partial charge in [0.1, 0.15) is 5.01 Å². The molecule has 2 heterocycles. The van der Waals surface area contributed by atoms with Crippen LogP contribution in [-0.4, -0.2) is 24.0 Å². The van der Waals surface area contributed by atoms with Crippen molar-refractivity contribution in [3.8, 4) is 10.6 Å². The highest BCUT2D eigenvalue weighted by atomic mass is 35.5. The molecule has 0 spiro atoms. The van der Waals surface area contributed by atoms with E-state index in [-0.39, 0.29) is 24.2 Å². The van der Waals surface area contributed by atoms with Crippen molar-refractivity contribution in [2.45, 2.75) is 19.9 Å². The number of nitrogens with one attached hydrogen (secondary N) is 2. The zero-order valence-corrected chi connectivity index (χ0v) is 14.1. The minimum atomic E-state index is 0. The molecule has 1 saturated heterocycles. The van der Waals surface area contributed by atoms with Crippen LogP contribution in [0.4, 0.5) is 0 Å². The summed E-state index contributed by atoms with van der Waals surface area (Å²) in [4.78, 5) is 17.8. The van der Waals surface area contributed by atoms with Crippen molar-refractivity contribution in [3.05, 3.63) is 40.9 Å². The summed E-state index contributed by atoms with van der Waals surface area (Å²) in [5.41, 5.74) is 2.13. The van der Waals surface area contributed by atoms with Crippen molar-refractivity contribution < 1.29 is 4.79 Å². The Morgan fingerprint density at radius 2 is 2.18 bits per heavy atom. The van der Waals surface area contributed by atoms with E-state index in [1.165, 1.54) is 0 Å². The third-order valence-corrected chi connectivity index (χ3v) is 4.97. The van der Waals surface area contributed by atoms with Crippen LogP contribution in [-0.2, 0) is 11.3 Å². The van der Waals surface area contributed by atoms with Gasteiger partial charge in [-0.2, -0.15) is 0 Å². The van der Waals surface area contributed by atoms with Crippen molar-refractivity contribution in [2.75, 3.05) is 13.1 Å². The van der Waals surface area contributed by atoms with E-state index in [0.717, 1.165) is 40.7 Å². The van der Waals surface area contributed by atoms with Gasteiger partial charge in [-0.25, -0.2) is 4.98 Å². The molecule has 1 aliphatic rings. The van der Waals surface area contributed by atoms with Gasteiger partial charge in [-0.3, -0.25) is 4.79 Å². The Bertz CT molecular complexity index is 624. The van der Waals surface area contributed by atoms with Gasteiger partial charge in [-0.05, 0) is 19.9 Å². The van der Waals surface area contributed by atoms with Crippen LogP contribution < -0.4 is 10.6 Å². The maximum Gasteiger partial charge on any atom is 0.224 e. The highest BCUT2D eigenvalue weighted by Crippen LogP contribution is 2.27. The molecule has 0 bridgehead atoms. The van der Waals surface area contributed by atoms with Gasteiger partial charge in [0.25, 0.3) is 0 Å². The third kappa shape index (κ3) is 3.85. The summed E-state index contributed by atoms with van der Waals surface area (Å²) in [5.74, 6) is 0.265. The number of hydrogen-bond donors (Lipinski definition) is 2. The van der Waals surface area contributed by atoms with E-state index in [4.69, 9.17) is 0 Å². The number of nitrogens with zero attached hydrogens (tertiary/aromatic N) is 1. The highest BCUT2D eigenvalue weighted by molar-refractivity contribution is 7.15. The molecule has 1 aromatic carbocycles. The van der Waals surface area contributed by atoms with Gasteiger partial charge < -0.3 is 10.6 Å². The average molecular weight is 338 g/mol. The SMILES string of the molecule is Cc1nc(-c2ccccc2)sc1CNC(=O)C1CCNC1.Cl. The first kappa shape index (κ1) is 16.9. The molecule has 0 saturated carbocycles. The smallest absolute Gasteiger partial charge is 0.224 e. The molecular formula is C16H20ClN3OS. The molecule has 2 aromatic rings. The maximum atomic E-state index is 12.0. The number of halogens is 1. The molecular weight excluding hydrogens is 318 g/mol. The second-order valence-electron chi connectivity index (χ2n) is 5.30. The lowest BCUT2D eigenvalue weighted by atomic mass is 10.1. The van der Waals surface area contributed by atoms with Crippen molar-refractivity contribution in [2.24, 2.45) is 5.92 Å². The molecule has 2 N–H and O–H groups in total. The summed E-state index contributed by atoms with van der Waals surface area (Å²) >= 11 is 1.66. The first-order chi connectivity index (χ1) is 10.2. The highest BCUT2D eigenvalue weighted by Gasteiger charge is 2.22. The van der Waals surface area contributed by atoms with Crippen molar-refractivity contribution in [1.29, 1.82) is 0 Å². The molecule has 0 aliphatic carbocycles. The molecule has 118 valence electrons. The van der Waals surface area contributed by atoms with Gasteiger partial charge in [0, 0.05) is 17.0 Å². The quantitative estimate of drug-likeness (QED) is 0.902. The molecule has 3 rings (SSSR count). The summed E-state index contributed by atoms with van der Waals surface area (Å²) < 4.78 is 0. The van der Waals surface area contributed by atoms with E-state index in [1.807, 2.05) is 25.1 Å². The molecule has 1 aromatic heterocycles. The largest absolute Gasteiger partial charge is 0.351 e. The number of thiazole rings is 1. The van der Waals surface area contributed by atoms with E-state index in [2.05, 4.69) is 27.8 Å². The lowest BCUT2D eigenvalue weighted by Gasteiger charge is -2.08. The standard InChI is InChI=1S/C16H19N3OS.ClH/c1-11-14(10-18-15(20)13-7-8-17-9-13)21-16(19-11)12-5-3-2-4-6-12;/h2-6,13,17H,7-10H2,1H3,(H,18,20);1H. The van der Waals surface area contributed by atoms with Crippen LogP contribution in [0.3, 0.4) is 0 Å². The summed E-state index contributed by atoms with van der Waals surface area (Å²) in [6, 6.07) is 10.2. The summed E-state index contributed by atoms with van der Waals surface area (Å²) in [5, 5.41) is 7.27. The Labute approximate surface area is 140 Å². The Balaban J connectivity index is 0.00000176. The topological polar surface area (TPSA) is 54.0 Å². The van der Waals surface area contributed by atoms with Gasteiger partial charge in [-0.1, -0.05) is 30.3 Å². The number of benzene rings is 1. The minimum Gasteiger partial charge on any atom is -0.351 e. The second kappa shape index (κ2) is 7.72. The van der Waals surface area contributed by atoms with Gasteiger partial charge in [-0.15, -0.1) is 23.7 Å². The predicted molar refractivity (Wildman–Crippen MR) is 92.4 cm³/mol. The molecule has 1 aliphatic heterocycles. The molecule has 1 atom stereocenters. The van der Waals surface area contributed by atoms with Crippen LogP contribution in [0.15, 0.2) is 30.3 Å². The first-order valence-electron chi connectivity index (χ1n) is 7.24. The Kier molecular flexibility index (Phi) is 5.94. The van der Waals surface area contributed by atoms with Gasteiger partial charge in [0.15, 0.2) is 0 Å². The molecule has 1 unspecified atom stereocenters. The minimum absolute atomic E-state index is 0. The molecule has 0 radical (unpaired) electrons. The summed E-state index contributed by atoms with van der Waals surface area (Å²) in [6.45, 7) is 4.31. The Hall–Kier alpha value is -1.43. The van der Waals surface area contributed by atoms with E-state index >= 15 is 0 Å². The van der Waals surface area contributed by atoms with Crippen LogP contribution in [0.5, 0.6) is 0 Å². The molecule has 6 heteroatoms. The number of hydrogen-bond acceptors (Lipinski definition) is 4. The molecule has 4 nitrogen and oxygen atoms in total. The number of aromatic nitrogens is 1. The number of amides is 1. The van der Waals surface area contributed by atoms with E-state index in [9.17, 15) is 4.79 Å². The Morgan fingerprint density at radius 1 is 1.41 bits per heavy atom. The van der Waals surface area contributed by atoms with E-state index in [0.29, 0.717) is 6.54 Å². The zero-order chi connectivity index (χ0) is 14.7. The fourth-order valence-corrected chi connectivity index (χ4v) is 3.49. The van der Waals surface area contributed by atoms with E-state index in [1.54, 1.807) is 11.3 Å². The zero-order valence-electron chi connectivity index (χ0n) is 12.5.